The molecule has 1 aliphatic rings. The first kappa shape index (κ1) is 12.2. The van der Waals surface area contributed by atoms with E-state index in [4.69, 9.17) is 10.7 Å². The SMILES string of the molecule is Cc1cc(-c2cn(C(C)C)c(C3CC3)n2)cnc1N. The molecule has 2 aromatic rings. The van der Waals surface area contributed by atoms with Crippen LogP contribution in [0.4, 0.5) is 5.82 Å². The van der Waals surface area contributed by atoms with E-state index in [2.05, 4.69) is 35.7 Å². The summed E-state index contributed by atoms with van der Waals surface area (Å²) in [5.41, 5.74) is 8.83. The van der Waals surface area contributed by atoms with Crippen LogP contribution in [0.1, 0.15) is 50.0 Å². The highest BCUT2D eigenvalue weighted by Gasteiger charge is 2.29. The van der Waals surface area contributed by atoms with Crippen molar-refractivity contribution in [2.24, 2.45) is 0 Å². The number of nitrogen functional groups attached to an aromatic ring is 1. The fourth-order valence-corrected chi connectivity index (χ4v) is 2.33. The van der Waals surface area contributed by atoms with Crippen LogP contribution in [0, 0.1) is 6.92 Å². The summed E-state index contributed by atoms with van der Waals surface area (Å²) in [5.74, 6) is 2.47. The van der Waals surface area contributed by atoms with E-state index in [1.807, 2.05) is 13.1 Å². The van der Waals surface area contributed by atoms with Crippen LogP contribution < -0.4 is 5.73 Å². The number of anilines is 1. The number of nitrogens with zero attached hydrogens (tertiary/aromatic N) is 3. The number of pyridine rings is 1. The molecule has 0 aliphatic heterocycles. The molecule has 3 rings (SSSR count). The van der Waals surface area contributed by atoms with Gasteiger partial charge in [-0.05, 0) is 45.2 Å². The number of hydrogen-bond donors (Lipinski definition) is 1. The predicted molar refractivity (Wildman–Crippen MR) is 77.0 cm³/mol. The van der Waals surface area contributed by atoms with Gasteiger partial charge in [0.2, 0.25) is 0 Å². The van der Waals surface area contributed by atoms with E-state index in [-0.39, 0.29) is 0 Å². The van der Waals surface area contributed by atoms with Gasteiger partial charge in [0, 0.05) is 29.9 Å². The molecular weight excluding hydrogens is 236 g/mol. The highest BCUT2D eigenvalue weighted by Crippen LogP contribution is 2.41. The summed E-state index contributed by atoms with van der Waals surface area (Å²) in [6.07, 6.45) is 6.49. The fourth-order valence-electron chi connectivity index (χ4n) is 2.33. The quantitative estimate of drug-likeness (QED) is 0.916. The number of aryl methyl sites for hydroxylation is 1. The lowest BCUT2D eigenvalue weighted by Crippen LogP contribution is -2.03. The van der Waals surface area contributed by atoms with E-state index in [1.54, 1.807) is 0 Å². The van der Waals surface area contributed by atoms with Gasteiger partial charge in [-0.15, -0.1) is 0 Å². The third-order valence-corrected chi connectivity index (χ3v) is 3.67. The number of aromatic nitrogens is 3. The molecule has 1 fully saturated rings. The standard InChI is InChI=1S/C15H20N4/c1-9(2)19-8-13(18-15(19)11-4-5-11)12-6-10(3)14(16)17-7-12/h6-9,11H,4-5H2,1-3H3,(H2,16,17). The van der Waals surface area contributed by atoms with Crippen molar-refractivity contribution < 1.29 is 0 Å². The maximum atomic E-state index is 5.77. The summed E-state index contributed by atoms with van der Waals surface area (Å²) < 4.78 is 2.29. The van der Waals surface area contributed by atoms with Gasteiger partial charge in [-0.1, -0.05) is 0 Å². The molecule has 19 heavy (non-hydrogen) atoms. The molecule has 100 valence electrons. The lowest BCUT2D eigenvalue weighted by molar-refractivity contribution is 0.569. The minimum atomic E-state index is 0.444. The van der Waals surface area contributed by atoms with Crippen molar-refractivity contribution in [1.29, 1.82) is 0 Å². The Morgan fingerprint density at radius 1 is 1.37 bits per heavy atom. The molecule has 2 heterocycles. The molecule has 1 aliphatic carbocycles. The predicted octanol–water partition coefficient (Wildman–Crippen LogP) is 3.29. The van der Waals surface area contributed by atoms with Crippen molar-refractivity contribution in [3.8, 4) is 11.3 Å². The van der Waals surface area contributed by atoms with E-state index in [0.29, 0.717) is 17.8 Å². The first-order valence-corrected chi connectivity index (χ1v) is 6.87. The van der Waals surface area contributed by atoms with Crippen molar-refractivity contribution in [2.45, 2.75) is 45.6 Å². The summed E-state index contributed by atoms with van der Waals surface area (Å²) in [5, 5.41) is 0. The van der Waals surface area contributed by atoms with Crippen LogP contribution in [0.3, 0.4) is 0 Å². The number of nitrogens with two attached hydrogens (primary N) is 1. The molecule has 4 nitrogen and oxygen atoms in total. The molecular formula is C15H20N4. The van der Waals surface area contributed by atoms with Gasteiger partial charge in [-0.3, -0.25) is 0 Å². The highest BCUT2D eigenvalue weighted by atomic mass is 15.1. The van der Waals surface area contributed by atoms with E-state index in [9.17, 15) is 0 Å². The van der Waals surface area contributed by atoms with Crippen molar-refractivity contribution >= 4 is 5.82 Å². The zero-order valence-electron chi connectivity index (χ0n) is 11.7. The smallest absolute Gasteiger partial charge is 0.126 e. The lowest BCUT2D eigenvalue weighted by Gasteiger charge is -2.09. The average Bonchev–Trinajstić information content (AvgIpc) is 3.11. The van der Waals surface area contributed by atoms with Crippen LogP contribution in [-0.2, 0) is 0 Å². The minimum absolute atomic E-state index is 0.444. The van der Waals surface area contributed by atoms with Crippen LogP contribution in [0.2, 0.25) is 0 Å². The Labute approximate surface area is 113 Å². The molecule has 0 saturated heterocycles. The Morgan fingerprint density at radius 3 is 2.68 bits per heavy atom. The summed E-state index contributed by atoms with van der Waals surface area (Å²) in [7, 11) is 0. The molecule has 0 amide bonds. The Bertz CT molecular complexity index is 589. The second-order valence-electron chi connectivity index (χ2n) is 5.69. The zero-order valence-corrected chi connectivity index (χ0v) is 11.7. The third kappa shape index (κ3) is 2.23. The monoisotopic (exact) mass is 256 g/mol. The molecule has 0 radical (unpaired) electrons. The molecule has 2 N–H and O–H groups in total. The van der Waals surface area contributed by atoms with Gasteiger partial charge in [0.1, 0.15) is 11.6 Å². The topological polar surface area (TPSA) is 56.7 Å². The molecule has 2 aromatic heterocycles. The average molecular weight is 256 g/mol. The zero-order chi connectivity index (χ0) is 13.6. The second-order valence-corrected chi connectivity index (χ2v) is 5.69. The Hall–Kier alpha value is -1.84. The summed E-state index contributed by atoms with van der Waals surface area (Å²) in [6, 6.07) is 2.51. The van der Waals surface area contributed by atoms with E-state index in [0.717, 1.165) is 16.8 Å². The van der Waals surface area contributed by atoms with Crippen LogP contribution in [-0.4, -0.2) is 14.5 Å². The van der Waals surface area contributed by atoms with Crippen molar-refractivity contribution in [3.05, 3.63) is 29.8 Å². The Kier molecular flexibility index (Phi) is 2.81. The van der Waals surface area contributed by atoms with Gasteiger partial charge in [0.05, 0.1) is 5.69 Å². The second kappa shape index (κ2) is 4.37. The van der Waals surface area contributed by atoms with Gasteiger partial charge < -0.3 is 10.3 Å². The van der Waals surface area contributed by atoms with Gasteiger partial charge in [-0.25, -0.2) is 9.97 Å². The van der Waals surface area contributed by atoms with Crippen LogP contribution in [0.15, 0.2) is 18.5 Å². The number of hydrogen-bond acceptors (Lipinski definition) is 3. The molecule has 0 bridgehead atoms. The largest absolute Gasteiger partial charge is 0.383 e. The van der Waals surface area contributed by atoms with Crippen LogP contribution in [0.5, 0.6) is 0 Å². The minimum Gasteiger partial charge on any atom is -0.383 e. The maximum absolute atomic E-state index is 5.77. The van der Waals surface area contributed by atoms with Gasteiger partial charge in [-0.2, -0.15) is 0 Å². The molecule has 0 unspecified atom stereocenters. The molecule has 0 atom stereocenters. The Balaban J connectivity index is 2.04. The molecule has 4 heteroatoms. The summed E-state index contributed by atoms with van der Waals surface area (Å²) in [4.78, 5) is 9.04. The highest BCUT2D eigenvalue weighted by molar-refractivity contribution is 5.61. The van der Waals surface area contributed by atoms with Crippen molar-refractivity contribution in [1.82, 2.24) is 14.5 Å². The number of imidazole rings is 1. The Morgan fingerprint density at radius 2 is 2.11 bits per heavy atom. The molecule has 0 aromatic carbocycles. The van der Waals surface area contributed by atoms with E-state index < -0.39 is 0 Å². The molecule has 1 saturated carbocycles. The first-order valence-electron chi connectivity index (χ1n) is 6.87. The molecule has 0 spiro atoms. The van der Waals surface area contributed by atoms with E-state index in [1.165, 1.54) is 18.7 Å². The summed E-state index contributed by atoms with van der Waals surface area (Å²) >= 11 is 0. The number of rotatable bonds is 3. The first-order chi connectivity index (χ1) is 9.06. The van der Waals surface area contributed by atoms with Gasteiger partial charge in [0.15, 0.2) is 0 Å². The maximum Gasteiger partial charge on any atom is 0.126 e. The van der Waals surface area contributed by atoms with Gasteiger partial charge >= 0.3 is 0 Å². The third-order valence-electron chi connectivity index (χ3n) is 3.67. The van der Waals surface area contributed by atoms with Crippen LogP contribution in [0.25, 0.3) is 11.3 Å². The fraction of sp³-hybridized carbons (Fsp3) is 0.467. The van der Waals surface area contributed by atoms with Crippen molar-refractivity contribution in [3.63, 3.8) is 0 Å². The summed E-state index contributed by atoms with van der Waals surface area (Å²) in [6.45, 7) is 6.38. The van der Waals surface area contributed by atoms with Crippen molar-refractivity contribution in [2.75, 3.05) is 5.73 Å². The van der Waals surface area contributed by atoms with E-state index >= 15 is 0 Å². The van der Waals surface area contributed by atoms with Gasteiger partial charge in [0.25, 0.3) is 0 Å². The normalized spacial score (nSPS) is 15.2. The van der Waals surface area contributed by atoms with Crippen LogP contribution >= 0.6 is 0 Å². The lowest BCUT2D eigenvalue weighted by atomic mass is 10.1.